The maximum absolute atomic E-state index is 2.75. The Balaban J connectivity index is 1.25. The van der Waals surface area contributed by atoms with E-state index in [1.807, 2.05) is 0 Å². The van der Waals surface area contributed by atoms with Crippen LogP contribution in [0.1, 0.15) is 180 Å². The van der Waals surface area contributed by atoms with Gasteiger partial charge < -0.3 is 9.80 Å². The van der Waals surface area contributed by atoms with E-state index in [4.69, 9.17) is 0 Å². The van der Waals surface area contributed by atoms with Crippen molar-refractivity contribution in [1.29, 1.82) is 0 Å². The van der Waals surface area contributed by atoms with E-state index in [1.165, 1.54) is 156 Å². The molecule has 11 aromatic carbocycles. The zero-order valence-electron chi connectivity index (χ0n) is 58.2. The van der Waals surface area contributed by atoms with Crippen molar-refractivity contribution >= 4 is 57.2 Å². The summed E-state index contributed by atoms with van der Waals surface area (Å²) in [5.74, 6) is 1.44. The summed E-state index contributed by atoms with van der Waals surface area (Å²) in [7, 11) is 0. The molecule has 93 heavy (non-hydrogen) atoms. The van der Waals surface area contributed by atoms with Crippen LogP contribution in [0.5, 0.6) is 0 Å². The second-order valence-electron chi connectivity index (χ2n) is 30.9. The van der Waals surface area contributed by atoms with Crippen LogP contribution in [0.15, 0.2) is 231 Å². The van der Waals surface area contributed by atoms with E-state index in [9.17, 15) is 0 Å². The van der Waals surface area contributed by atoms with Crippen molar-refractivity contribution in [2.75, 3.05) is 9.80 Å². The maximum atomic E-state index is 2.75. The fourth-order valence-corrected chi connectivity index (χ4v) is 14.6. The monoisotopic (exact) mass is 1210 g/mol. The third-order valence-electron chi connectivity index (χ3n) is 20.0. The quantitative estimate of drug-likeness (QED) is 0.113. The van der Waals surface area contributed by atoms with E-state index < -0.39 is 0 Å². The second-order valence-corrected chi connectivity index (χ2v) is 30.9. The van der Waals surface area contributed by atoms with E-state index in [-0.39, 0.29) is 23.0 Å². The van der Waals surface area contributed by atoms with Crippen LogP contribution in [-0.2, 0) is 16.2 Å². The third-order valence-corrected chi connectivity index (χ3v) is 20.0. The first-order chi connectivity index (χ1) is 44.3. The molecule has 0 fully saturated rings. The van der Waals surface area contributed by atoms with E-state index >= 15 is 0 Å². The number of hydrogen-bond donors (Lipinski definition) is 0. The molecule has 0 amide bonds. The zero-order chi connectivity index (χ0) is 65.6. The molecular weight excluding hydrogens is 1120 g/mol. The van der Waals surface area contributed by atoms with Crippen molar-refractivity contribution < 1.29 is 0 Å². The van der Waals surface area contributed by atoms with Crippen molar-refractivity contribution in [1.82, 2.24) is 0 Å². The van der Waals surface area contributed by atoms with Crippen LogP contribution in [0.4, 0.5) is 34.1 Å². The van der Waals surface area contributed by atoms with Crippen LogP contribution in [0.3, 0.4) is 0 Å². The smallest absolute Gasteiger partial charge is 0.252 e. The van der Waals surface area contributed by atoms with Crippen LogP contribution in [0, 0.1) is 0 Å². The normalized spacial score (nSPS) is 13.1. The van der Waals surface area contributed by atoms with Gasteiger partial charge in [-0.05, 0) is 188 Å². The highest BCUT2D eigenvalue weighted by molar-refractivity contribution is 7.00. The predicted octanol–water partition coefficient (Wildman–Crippen LogP) is 24.2. The molecule has 0 spiro atoms. The summed E-state index contributed by atoms with van der Waals surface area (Å²) in [5.41, 5.74) is 34.3. The van der Waals surface area contributed by atoms with Gasteiger partial charge in [0.25, 0.3) is 6.71 Å². The SMILES string of the molecule is CC(C)c1ccc(-c2ccc3c(c2)N(c2c(-c4ccccc4)cc(C(C)(C)C)cc2-c2ccccc2)c2cc(C(C)(C)C)cc4c2B3c2ccc(-c3ccc(C(C)C)cc3C(C)C)cc2N4c2c(-c3ccccc3)cc(C(C)(C)C)cc2-c2ccccc2)c(C(C)C)c1. The lowest BCUT2D eigenvalue weighted by Crippen LogP contribution is -2.61. The van der Waals surface area contributed by atoms with Crippen molar-refractivity contribution in [2.24, 2.45) is 0 Å². The molecular formula is C90H93BN2. The summed E-state index contributed by atoms with van der Waals surface area (Å²) < 4.78 is 0. The molecule has 3 heteroatoms. The average molecular weight is 1210 g/mol. The van der Waals surface area contributed by atoms with Crippen LogP contribution in [-0.4, -0.2) is 6.71 Å². The van der Waals surface area contributed by atoms with Gasteiger partial charge in [-0.3, -0.25) is 0 Å². The molecule has 2 aliphatic heterocycles. The molecule has 13 rings (SSSR count). The largest absolute Gasteiger partial charge is 0.310 e. The van der Waals surface area contributed by atoms with E-state index in [0.29, 0.717) is 23.7 Å². The van der Waals surface area contributed by atoms with Gasteiger partial charge in [-0.15, -0.1) is 0 Å². The Kier molecular flexibility index (Phi) is 16.4. The summed E-state index contributed by atoms with van der Waals surface area (Å²) in [6.45, 7) is 40.0. The summed E-state index contributed by atoms with van der Waals surface area (Å²) >= 11 is 0. The standard InChI is InChI=1S/C90H93BN2/c1-56(2)64-38-42-71(73(46-64)58(5)6)66-40-44-79-81(48-66)92(86-75(60-30-22-18-23-31-60)50-68(88(9,10)11)51-76(86)61-32-24-19-25-33-61)83-54-70(90(15,16)17)55-84-85(83)91(79)80-45-41-67(72-43-39-65(57(3)4)47-74(72)59(7)8)49-82(80)93(84)87-77(62-34-26-20-27-35-62)52-69(89(12,13)14)53-78(87)63-36-28-21-29-37-63/h18-59H,1-17H3. The molecule has 466 valence electrons. The van der Waals surface area contributed by atoms with Crippen molar-refractivity contribution in [2.45, 2.75) is 158 Å². The lowest BCUT2D eigenvalue weighted by Gasteiger charge is -2.47. The average Bonchev–Trinajstić information content (AvgIpc) is 0.690. The number of rotatable bonds is 12. The molecule has 2 heterocycles. The third kappa shape index (κ3) is 11.6. The van der Waals surface area contributed by atoms with Crippen LogP contribution < -0.4 is 26.2 Å². The maximum Gasteiger partial charge on any atom is 0.252 e. The molecule has 0 aromatic heterocycles. The van der Waals surface area contributed by atoms with Gasteiger partial charge in [0.15, 0.2) is 0 Å². The molecule has 0 saturated heterocycles. The predicted molar refractivity (Wildman–Crippen MR) is 406 cm³/mol. The summed E-state index contributed by atoms with van der Waals surface area (Å²) in [6.07, 6.45) is 0. The lowest BCUT2D eigenvalue weighted by atomic mass is 9.33. The fourth-order valence-electron chi connectivity index (χ4n) is 14.6. The highest BCUT2D eigenvalue weighted by Gasteiger charge is 2.46. The molecule has 0 bridgehead atoms. The van der Waals surface area contributed by atoms with E-state index in [1.54, 1.807) is 0 Å². The Morgan fingerprint density at radius 2 is 0.570 bits per heavy atom. The van der Waals surface area contributed by atoms with Gasteiger partial charge in [-0.1, -0.05) is 300 Å². The Morgan fingerprint density at radius 3 is 0.849 bits per heavy atom. The van der Waals surface area contributed by atoms with Gasteiger partial charge in [0.05, 0.1) is 11.4 Å². The van der Waals surface area contributed by atoms with Crippen LogP contribution in [0.2, 0.25) is 0 Å². The minimum absolute atomic E-state index is 0.157. The lowest BCUT2D eigenvalue weighted by molar-refractivity contribution is 0.590. The Bertz CT molecular complexity index is 4200. The highest BCUT2D eigenvalue weighted by atomic mass is 15.2. The first kappa shape index (κ1) is 62.9. The number of nitrogens with zero attached hydrogens (tertiary/aromatic N) is 2. The van der Waals surface area contributed by atoms with Gasteiger partial charge >= 0.3 is 0 Å². The molecule has 0 atom stereocenters. The molecule has 0 N–H and O–H groups in total. The minimum Gasteiger partial charge on any atom is -0.310 e. The molecule has 0 unspecified atom stereocenters. The Labute approximate surface area is 557 Å². The second kappa shape index (κ2) is 24.2. The fraction of sp³-hybridized carbons (Fsp3) is 0.267. The van der Waals surface area contributed by atoms with Crippen molar-refractivity contribution in [3.8, 4) is 66.8 Å². The molecule has 11 aromatic rings. The minimum atomic E-state index is -0.279. The summed E-state index contributed by atoms with van der Waals surface area (Å²) in [6, 6.07) is 89.9. The van der Waals surface area contributed by atoms with Gasteiger partial charge in [-0.25, -0.2) is 0 Å². The van der Waals surface area contributed by atoms with Crippen LogP contribution >= 0.6 is 0 Å². The topological polar surface area (TPSA) is 6.48 Å². The first-order valence-electron chi connectivity index (χ1n) is 34.3. The number of benzene rings is 11. The zero-order valence-corrected chi connectivity index (χ0v) is 58.2. The molecule has 2 nitrogen and oxygen atoms in total. The van der Waals surface area contributed by atoms with Gasteiger partial charge in [-0.2, -0.15) is 0 Å². The van der Waals surface area contributed by atoms with Crippen molar-refractivity contribution in [3.63, 3.8) is 0 Å². The molecule has 2 aliphatic rings. The van der Waals surface area contributed by atoms with E-state index in [2.05, 4.69) is 358 Å². The number of fused-ring (bicyclic) bond motifs is 4. The van der Waals surface area contributed by atoms with Crippen molar-refractivity contribution in [3.05, 3.63) is 269 Å². The molecule has 0 radical (unpaired) electrons. The highest BCUT2D eigenvalue weighted by Crippen LogP contribution is 2.56. The first-order valence-corrected chi connectivity index (χ1v) is 34.3. The molecule has 0 aliphatic carbocycles. The summed E-state index contributed by atoms with van der Waals surface area (Å²) in [5, 5.41) is 0. The Morgan fingerprint density at radius 1 is 0.269 bits per heavy atom. The number of hydrogen-bond acceptors (Lipinski definition) is 2. The Hall–Kier alpha value is -8.92. The van der Waals surface area contributed by atoms with Crippen LogP contribution in [0.25, 0.3) is 66.8 Å². The number of anilines is 6. The van der Waals surface area contributed by atoms with Gasteiger partial charge in [0, 0.05) is 45.0 Å². The molecule has 0 saturated carbocycles. The van der Waals surface area contributed by atoms with E-state index in [0.717, 1.165) is 0 Å². The van der Waals surface area contributed by atoms with Gasteiger partial charge in [0.2, 0.25) is 0 Å². The summed E-state index contributed by atoms with van der Waals surface area (Å²) in [4.78, 5) is 5.50. The van der Waals surface area contributed by atoms with Gasteiger partial charge in [0.1, 0.15) is 0 Å².